The number of hydrogen-bond acceptors (Lipinski definition) is 4. The van der Waals surface area contributed by atoms with Crippen LogP contribution in [0, 0.1) is 23.7 Å². The quantitative estimate of drug-likeness (QED) is 0.654. The van der Waals surface area contributed by atoms with Crippen molar-refractivity contribution in [3.8, 4) is 11.4 Å². The first kappa shape index (κ1) is 18.5. The molecule has 2 aliphatic rings. The minimum atomic E-state index is -0.192. The Kier molecular flexibility index (Phi) is 5.03. The molecule has 4 rings (SSSR count). The van der Waals surface area contributed by atoms with Gasteiger partial charge in [-0.3, -0.25) is 9.59 Å². The first-order valence-electron chi connectivity index (χ1n) is 9.82. The number of carbonyl (C=O) groups is 2. The van der Waals surface area contributed by atoms with E-state index in [1.165, 1.54) is 0 Å². The van der Waals surface area contributed by atoms with Crippen molar-refractivity contribution in [1.29, 1.82) is 0 Å². The average Bonchev–Trinajstić information content (AvgIpc) is 3.37. The van der Waals surface area contributed by atoms with Gasteiger partial charge in [0.2, 0.25) is 0 Å². The van der Waals surface area contributed by atoms with Gasteiger partial charge < -0.3 is 14.6 Å². The summed E-state index contributed by atoms with van der Waals surface area (Å²) in [5, 5.41) is 0. The summed E-state index contributed by atoms with van der Waals surface area (Å²) in [5.41, 5.74) is 1.52. The van der Waals surface area contributed by atoms with Crippen molar-refractivity contribution in [3.63, 3.8) is 0 Å². The van der Waals surface area contributed by atoms with Crippen molar-refractivity contribution >= 4 is 11.9 Å². The zero-order valence-electron chi connectivity index (χ0n) is 16.2. The lowest BCUT2D eigenvalue weighted by molar-refractivity contribution is -0.152. The summed E-state index contributed by atoms with van der Waals surface area (Å²) >= 11 is 0. The van der Waals surface area contributed by atoms with Crippen molar-refractivity contribution in [2.45, 2.75) is 13.8 Å². The number of rotatable bonds is 4. The van der Waals surface area contributed by atoms with Gasteiger partial charge in [0.15, 0.2) is 0 Å². The second kappa shape index (κ2) is 7.62. The van der Waals surface area contributed by atoms with E-state index in [1.54, 1.807) is 12.4 Å². The van der Waals surface area contributed by atoms with Gasteiger partial charge in [0.1, 0.15) is 5.82 Å². The van der Waals surface area contributed by atoms with Crippen LogP contribution >= 0.6 is 0 Å². The molecule has 28 heavy (non-hydrogen) atoms. The van der Waals surface area contributed by atoms with E-state index >= 15 is 0 Å². The maximum atomic E-state index is 13.2. The molecule has 2 heterocycles. The number of aromatic nitrogens is 2. The van der Waals surface area contributed by atoms with Crippen LogP contribution in [0.4, 0.5) is 0 Å². The molecule has 1 aliphatic carbocycles. The number of imidazole rings is 1. The largest absolute Gasteiger partial charge is 0.466 e. The predicted molar refractivity (Wildman–Crippen MR) is 105 cm³/mol. The Morgan fingerprint density at radius 3 is 2.89 bits per heavy atom. The van der Waals surface area contributed by atoms with Gasteiger partial charge in [0.05, 0.1) is 12.5 Å². The minimum absolute atomic E-state index is 0.00790. The molecule has 4 atom stereocenters. The van der Waals surface area contributed by atoms with Crippen LogP contribution < -0.4 is 0 Å². The van der Waals surface area contributed by atoms with Gasteiger partial charge in [0, 0.05) is 36.6 Å². The molecular weight excluding hydrogens is 354 g/mol. The second-order valence-electron chi connectivity index (χ2n) is 7.58. The summed E-state index contributed by atoms with van der Waals surface area (Å²) in [7, 11) is 0. The Hall–Kier alpha value is -2.89. The Morgan fingerprint density at radius 2 is 2.14 bits per heavy atom. The van der Waals surface area contributed by atoms with Gasteiger partial charge in [0.25, 0.3) is 5.91 Å². The number of nitrogens with one attached hydrogen (secondary N) is 1. The summed E-state index contributed by atoms with van der Waals surface area (Å²) in [6.07, 6.45) is 7.71. The lowest BCUT2D eigenvalue weighted by atomic mass is 9.72. The van der Waals surface area contributed by atoms with Gasteiger partial charge >= 0.3 is 5.97 Å². The molecule has 1 fully saturated rings. The number of hydrogen-bond donors (Lipinski definition) is 1. The molecule has 0 spiro atoms. The molecule has 1 N–H and O–H groups in total. The van der Waals surface area contributed by atoms with Gasteiger partial charge in [-0.1, -0.05) is 31.2 Å². The molecule has 6 heteroatoms. The predicted octanol–water partition coefficient (Wildman–Crippen LogP) is 3.15. The second-order valence-corrected chi connectivity index (χ2v) is 7.58. The Bertz CT molecular complexity index is 890. The molecule has 0 bridgehead atoms. The van der Waals surface area contributed by atoms with E-state index in [1.807, 2.05) is 43.0 Å². The van der Waals surface area contributed by atoms with E-state index in [0.717, 1.165) is 11.4 Å². The zero-order valence-corrected chi connectivity index (χ0v) is 16.2. The monoisotopic (exact) mass is 379 g/mol. The fraction of sp³-hybridized carbons (Fsp3) is 0.409. The summed E-state index contributed by atoms with van der Waals surface area (Å²) in [5.74, 6) is 0.817. The van der Waals surface area contributed by atoms with Crippen LogP contribution in [-0.2, 0) is 9.53 Å². The van der Waals surface area contributed by atoms with E-state index in [-0.39, 0.29) is 35.5 Å². The van der Waals surface area contributed by atoms with Crippen molar-refractivity contribution < 1.29 is 14.3 Å². The first-order chi connectivity index (χ1) is 13.6. The Morgan fingerprint density at radius 1 is 1.29 bits per heavy atom. The molecule has 1 saturated heterocycles. The van der Waals surface area contributed by atoms with E-state index < -0.39 is 0 Å². The smallest absolute Gasteiger partial charge is 0.309 e. The molecular formula is C22H25N3O3. The number of aromatic amines is 1. The molecule has 6 nitrogen and oxygen atoms in total. The number of fused-ring (bicyclic) bond motifs is 1. The first-order valence-corrected chi connectivity index (χ1v) is 9.82. The molecule has 0 saturated carbocycles. The Balaban J connectivity index is 1.54. The molecule has 146 valence electrons. The van der Waals surface area contributed by atoms with Crippen LogP contribution in [0.3, 0.4) is 0 Å². The molecule has 0 radical (unpaired) electrons. The summed E-state index contributed by atoms with van der Waals surface area (Å²) in [6.45, 7) is 5.46. The van der Waals surface area contributed by atoms with Crippen LogP contribution in [-0.4, -0.2) is 46.4 Å². The highest BCUT2D eigenvalue weighted by molar-refractivity contribution is 5.95. The lowest BCUT2D eigenvalue weighted by Gasteiger charge is -2.31. The Labute approximate surface area is 164 Å². The normalized spacial score (nSPS) is 26.1. The summed E-state index contributed by atoms with van der Waals surface area (Å²) in [6, 6.07) is 7.50. The SMILES string of the molecule is CCOC(=O)[C@@H]1[C@H]2CN(C(=O)c3cccc(-c4ncc[nH]4)c3)C[C@@H]2C=C[C@@H]1C. The highest BCUT2D eigenvalue weighted by atomic mass is 16.5. The van der Waals surface area contributed by atoms with E-state index in [4.69, 9.17) is 4.74 Å². The maximum Gasteiger partial charge on any atom is 0.309 e. The van der Waals surface area contributed by atoms with Crippen LogP contribution in [0.1, 0.15) is 24.2 Å². The van der Waals surface area contributed by atoms with Crippen LogP contribution in [0.25, 0.3) is 11.4 Å². The fourth-order valence-electron chi connectivity index (χ4n) is 4.46. The number of benzene rings is 1. The number of likely N-dealkylation sites (tertiary alicyclic amines) is 1. The van der Waals surface area contributed by atoms with Gasteiger partial charge in [-0.15, -0.1) is 0 Å². The number of nitrogens with zero attached hydrogens (tertiary/aromatic N) is 2. The number of esters is 1. The number of H-pyrrole nitrogens is 1. The van der Waals surface area contributed by atoms with E-state index in [0.29, 0.717) is 25.3 Å². The van der Waals surface area contributed by atoms with Crippen LogP contribution in [0.5, 0.6) is 0 Å². The van der Waals surface area contributed by atoms with E-state index in [2.05, 4.69) is 22.1 Å². The number of amides is 1. The highest BCUT2D eigenvalue weighted by Gasteiger charge is 2.46. The zero-order chi connectivity index (χ0) is 19.7. The van der Waals surface area contributed by atoms with Gasteiger partial charge in [-0.05, 0) is 36.8 Å². The molecule has 1 amide bonds. The fourth-order valence-corrected chi connectivity index (χ4v) is 4.46. The number of ether oxygens (including phenoxy) is 1. The van der Waals surface area contributed by atoms with Gasteiger partial charge in [-0.25, -0.2) is 4.98 Å². The van der Waals surface area contributed by atoms with Crippen molar-refractivity contribution in [2.24, 2.45) is 23.7 Å². The van der Waals surface area contributed by atoms with Crippen LogP contribution in [0.15, 0.2) is 48.8 Å². The third kappa shape index (κ3) is 3.35. The molecule has 1 aliphatic heterocycles. The standard InChI is InChI=1S/C22H25N3O3/c1-3-28-22(27)19-14(2)7-8-17-12-25(13-18(17)19)21(26)16-6-4-5-15(11-16)20-23-9-10-24-20/h4-11,14,17-19H,3,12-13H2,1-2H3,(H,23,24)/t14-,17-,18-,19-/m0/s1. The highest BCUT2D eigenvalue weighted by Crippen LogP contribution is 2.40. The minimum Gasteiger partial charge on any atom is -0.466 e. The maximum absolute atomic E-state index is 13.2. The van der Waals surface area contributed by atoms with Gasteiger partial charge in [-0.2, -0.15) is 0 Å². The third-order valence-electron chi connectivity index (χ3n) is 5.83. The molecule has 0 unspecified atom stereocenters. The van der Waals surface area contributed by atoms with Crippen LogP contribution in [0.2, 0.25) is 0 Å². The van der Waals surface area contributed by atoms with Crippen molar-refractivity contribution in [2.75, 3.05) is 19.7 Å². The molecule has 1 aromatic heterocycles. The van der Waals surface area contributed by atoms with Crippen molar-refractivity contribution in [1.82, 2.24) is 14.9 Å². The average molecular weight is 379 g/mol. The topological polar surface area (TPSA) is 75.3 Å². The van der Waals surface area contributed by atoms with Crippen molar-refractivity contribution in [3.05, 3.63) is 54.4 Å². The molecule has 1 aromatic carbocycles. The lowest BCUT2D eigenvalue weighted by Crippen LogP contribution is -2.37. The summed E-state index contributed by atoms with van der Waals surface area (Å²) in [4.78, 5) is 34.8. The molecule has 2 aromatic rings. The third-order valence-corrected chi connectivity index (χ3v) is 5.83. The van der Waals surface area contributed by atoms with E-state index in [9.17, 15) is 9.59 Å². The summed E-state index contributed by atoms with van der Waals surface area (Å²) < 4.78 is 5.31. The number of carbonyl (C=O) groups excluding carboxylic acids is 2. The number of allylic oxidation sites excluding steroid dienone is 1.